The molecule has 5 rings (SSSR count). The average Bonchev–Trinajstić information content (AvgIpc) is 3.08. The molecule has 0 N–H and O–H groups in total. The molecule has 2 nitrogen and oxygen atoms in total. The van der Waals surface area contributed by atoms with Crippen LogP contribution in [0.25, 0.3) is 11.1 Å². The van der Waals surface area contributed by atoms with E-state index in [4.69, 9.17) is 0 Å². The quantitative estimate of drug-likeness (QED) is 0.331. The zero-order valence-electron chi connectivity index (χ0n) is 17.6. The van der Waals surface area contributed by atoms with Crippen molar-refractivity contribution in [2.45, 2.75) is 19.3 Å². The van der Waals surface area contributed by atoms with Gasteiger partial charge in [0.05, 0.1) is 5.41 Å². The van der Waals surface area contributed by atoms with Gasteiger partial charge >= 0.3 is 0 Å². The molecule has 0 spiro atoms. The van der Waals surface area contributed by atoms with Crippen LogP contribution in [0, 0.1) is 13.8 Å². The molecular weight excluding hydrogens is 380 g/mol. The average molecular weight is 402 g/mol. The van der Waals surface area contributed by atoms with Crippen molar-refractivity contribution in [2.75, 3.05) is 0 Å². The summed E-state index contributed by atoms with van der Waals surface area (Å²) in [6, 6.07) is 29.0. The Kier molecular flexibility index (Phi) is 4.44. The topological polar surface area (TPSA) is 34.1 Å². The van der Waals surface area contributed by atoms with Crippen molar-refractivity contribution < 1.29 is 9.59 Å². The highest BCUT2D eigenvalue weighted by Crippen LogP contribution is 2.56. The molecule has 1 aliphatic rings. The first-order chi connectivity index (χ1) is 15.1. The van der Waals surface area contributed by atoms with Crippen LogP contribution in [0.2, 0.25) is 0 Å². The molecule has 0 amide bonds. The second-order valence-corrected chi connectivity index (χ2v) is 8.33. The van der Waals surface area contributed by atoms with E-state index in [1.807, 2.05) is 24.3 Å². The molecule has 1 aliphatic carbocycles. The molecule has 2 heteroatoms. The van der Waals surface area contributed by atoms with Crippen LogP contribution >= 0.6 is 0 Å². The smallest absolute Gasteiger partial charge is 0.150 e. The molecule has 0 radical (unpaired) electrons. The first-order valence-corrected chi connectivity index (χ1v) is 10.4. The summed E-state index contributed by atoms with van der Waals surface area (Å²) >= 11 is 0. The molecule has 0 fully saturated rings. The van der Waals surface area contributed by atoms with Crippen molar-refractivity contribution in [1.29, 1.82) is 0 Å². The number of aryl methyl sites for hydroxylation is 2. The Balaban J connectivity index is 1.94. The van der Waals surface area contributed by atoms with E-state index in [0.29, 0.717) is 11.1 Å². The zero-order chi connectivity index (χ0) is 21.6. The van der Waals surface area contributed by atoms with Gasteiger partial charge < -0.3 is 0 Å². The van der Waals surface area contributed by atoms with Gasteiger partial charge in [0.2, 0.25) is 0 Å². The van der Waals surface area contributed by atoms with Crippen LogP contribution in [-0.4, -0.2) is 12.6 Å². The number of fused-ring (bicyclic) bond motifs is 3. The third-order valence-electron chi connectivity index (χ3n) is 6.41. The normalized spacial score (nSPS) is 13.4. The van der Waals surface area contributed by atoms with Crippen LogP contribution in [0.1, 0.15) is 54.1 Å². The summed E-state index contributed by atoms with van der Waals surface area (Å²) in [6.45, 7) is 4.23. The summed E-state index contributed by atoms with van der Waals surface area (Å²) in [5.41, 5.74) is 10.3. The highest BCUT2D eigenvalue weighted by Gasteiger charge is 2.46. The monoisotopic (exact) mass is 402 g/mol. The van der Waals surface area contributed by atoms with Gasteiger partial charge in [-0.15, -0.1) is 0 Å². The predicted molar refractivity (Wildman–Crippen MR) is 124 cm³/mol. The Morgan fingerprint density at radius 2 is 0.935 bits per heavy atom. The summed E-state index contributed by atoms with van der Waals surface area (Å²) in [5, 5.41) is 0. The number of hydrogen-bond donors (Lipinski definition) is 0. The summed E-state index contributed by atoms with van der Waals surface area (Å²) in [4.78, 5) is 22.6. The fourth-order valence-corrected chi connectivity index (χ4v) is 4.96. The standard InChI is InChI=1S/C29H22O2/c1-19-3-13-25-26-14-4-20(2)16-28(26)29(27(25)15-19,23-9-5-21(17-30)6-10-23)24-11-7-22(18-31)8-12-24/h3-18H,1-2H3. The van der Waals surface area contributed by atoms with Crippen molar-refractivity contribution in [3.8, 4) is 11.1 Å². The second-order valence-electron chi connectivity index (χ2n) is 8.33. The Hall–Kier alpha value is -3.78. The molecule has 0 unspecified atom stereocenters. The Labute approximate surface area is 182 Å². The minimum absolute atomic E-state index is 0.522. The Morgan fingerprint density at radius 3 is 1.29 bits per heavy atom. The molecule has 150 valence electrons. The van der Waals surface area contributed by atoms with E-state index in [-0.39, 0.29) is 0 Å². The number of carbonyl (C=O) groups is 2. The Bertz CT molecular complexity index is 1210. The van der Waals surface area contributed by atoms with Gasteiger partial charge in [0.25, 0.3) is 0 Å². The molecule has 0 aliphatic heterocycles. The van der Waals surface area contributed by atoms with Gasteiger partial charge in [-0.05, 0) is 47.2 Å². The molecule has 0 heterocycles. The fourth-order valence-electron chi connectivity index (χ4n) is 4.96. The van der Waals surface area contributed by atoms with Gasteiger partial charge in [-0.25, -0.2) is 0 Å². The number of benzene rings is 4. The van der Waals surface area contributed by atoms with Crippen LogP contribution in [0.15, 0.2) is 84.9 Å². The molecule has 0 atom stereocenters. The maximum atomic E-state index is 11.3. The summed E-state index contributed by atoms with van der Waals surface area (Å²) in [6.07, 6.45) is 1.75. The van der Waals surface area contributed by atoms with Crippen molar-refractivity contribution >= 4 is 12.6 Å². The highest BCUT2D eigenvalue weighted by atomic mass is 16.1. The van der Waals surface area contributed by atoms with Crippen LogP contribution in [0.5, 0.6) is 0 Å². The van der Waals surface area contributed by atoms with E-state index in [9.17, 15) is 9.59 Å². The number of carbonyl (C=O) groups excluding carboxylic acids is 2. The lowest BCUT2D eigenvalue weighted by Gasteiger charge is -2.34. The second kappa shape index (κ2) is 7.17. The molecule has 0 aromatic heterocycles. The van der Waals surface area contributed by atoms with E-state index in [0.717, 1.165) is 23.7 Å². The van der Waals surface area contributed by atoms with Crippen LogP contribution < -0.4 is 0 Å². The minimum Gasteiger partial charge on any atom is -0.298 e. The van der Waals surface area contributed by atoms with E-state index in [1.54, 1.807) is 0 Å². The van der Waals surface area contributed by atoms with E-state index in [2.05, 4.69) is 74.5 Å². The van der Waals surface area contributed by atoms with Crippen molar-refractivity contribution in [3.05, 3.63) is 129 Å². The Morgan fingerprint density at radius 1 is 0.548 bits per heavy atom. The zero-order valence-corrected chi connectivity index (χ0v) is 17.6. The molecule has 0 saturated heterocycles. The highest BCUT2D eigenvalue weighted by molar-refractivity contribution is 5.87. The van der Waals surface area contributed by atoms with E-state index < -0.39 is 5.41 Å². The summed E-state index contributed by atoms with van der Waals surface area (Å²) in [7, 11) is 0. The fraction of sp³-hybridized carbons (Fsp3) is 0.103. The van der Waals surface area contributed by atoms with Crippen molar-refractivity contribution in [2.24, 2.45) is 0 Å². The lowest BCUT2D eigenvalue weighted by molar-refractivity contribution is 0.111. The third kappa shape index (κ3) is 2.79. The van der Waals surface area contributed by atoms with Crippen LogP contribution in [0.4, 0.5) is 0 Å². The van der Waals surface area contributed by atoms with Gasteiger partial charge in [-0.3, -0.25) is 9.59 Å². The van der Waals surface area contributed by atoms with Crippen LogP contribution in [0.3, 0.4) is 0 Å². The molecular formula is C29H22O2. The first-order valence-electron chi connectivity index (χ1n) is 10.4. The van der Waals surface area contributed by atoms with Crippen molar-refractivity contribution in [3.63, 3.8) is 0 Å². The summed E-state index contributed by atoms with van der Waals surface area (Å²) < 4.78 is 0. The summed E-state index contributed by atoms with van der Waals surface area (Å²) in [5.74, 6) is 0. The van der Waals surface area contributed by atoms with Crippen molar-refractivity contribution in [1.82, 2.24) is 0 Å². The van der Waals surface area contributed by atoms with E-state index in [1.165, 1.54) is 33.4 Å². The number of hydrogen-bond acceptors (Lipinski definition) is 2. The largest absolute Gasteiger partial charge is 0.298 e. The number of rotatable bonds is 4. The van der Waals surface area contributed by atoms with Gasteiger partial charge in [0, 0.05) is 11.1 Å². The first kappa shape index (κ1) is 19.2. The molecule has 0 bridgehead atoms. The molecule has 31 heavy (non-hydrogen) atoms. The van der Waals surface area contributed by atoms with Gasteiger partial charge in [-0.2, -0.15) is 0 Å². The molecule has 0 saturated carbocycles. The maximum Gasteiger partial charge on any atom is 0.150 e. The van der Waals surface area contributed by atoms with Gasteiger partial charge in [0.1, 0.15) is 12.6 Å². The SMILES string of the molecule is Cc1ccc2c(c1)C(c1ccc(C=O)cc1)(c1ccc(C=O)cc1)c1cc(C)ccc1-2. The maximum absolute atomic E-state index is 11.3. The lowest BCUT2D eigenvalue weighted by atomic mass is 9.67. The van der Waals surface area contributed by atoms with Gasteiger partial charge in [-0.1, -0.05) is 96.1 Å². The third-order valence-corrected chi connectivity index (χ3v) is 6.41. The molecule has 4 aromatic carbocycles. The predicted octanol–water partition coefficient (Wildman–Crippen LogP) is 6.29. The molecule has 4 aromatic rings. The van der Waals surface area contributed by atoms with E-state index >= 15 is 0 Å². The minimum atomic E-state index is -0.522. The van der Waals surface area contributed by atoms with Crippen LogP contribution in [-0.2, 0) is 5.41 Å². The number of aldehydes is 2. The van der Waals surface area contributed by atoms with Gasteiger partial charge in [0.15, 0.2) is 0 Å². The lowest BCUT2D eigenvalue weighted by Crippen LogP contribution is -2.28.